The molecule has 21 heavy (non-hydrogen) atoms. The Balaban J connectivity index is 1.91. The van der Waals surface area contributed by atoms with Crippen LogP contribution in [0, 0.1) is 5.92 Å². The Hall–Kier alpha value is -0.420. The topological polar surface area (TPSA) is 38.5 Å². The van der Waals surface area contributed by atoms with Gasteiger partial charge in [-0.25, -0.2) is 0 Å². The number of halogens is 1. The molecule has 2 atom stereocenters. The molecular formula is C17H27BrN2O. The first-order valence-corrected chi connectivity index (χ1v) is 8.70. The van der Waals surface area contributed by atoms with Gasteiger partial charge in [-0.15, -0.1) is 0 Å². The molecule has 0 saturated heterocycles. The summed E-state index contributed by atoms with van der Waals surface area (Å²) in [6.07, 6.45) is 3.66. The van der Waals surface area contributed by atoms with Crippen LogP contribution in [0.1, 0.15) is 37.8 Å². The van der Waals surface area contributed by atoms with Crippen molar-refractivity contribution in [2.75, 3.05) is 26.8 Å². The Kier molecular flexibility index (Phi) is 6.68. The van der Waals surface area contributed by atoms with Crippen molar-refractivity contribution in [2.24, 2.45) is 11.7 Å². The minimum absolute atomic E-state index is 0.139. The van der Waals surface area contributed by atoms with E-state index in [9.17, 15) is 0 Å². The van der Waals surface area contributed by atoms with Crippen molar-refractivity contribution in [1.29, 1.82) is 0 Å². The Labute approximate surface area is 137 Å². The van der Waals surface area contributed by atoms with Gasteiger partial charge in [-0.3, -0.25) is 4.90 Å². The van der Waals surface area contributed by atoms with Crippen LogP contribution in [-0.2, 0) is 4.74 Å². The first-order valence-electron chi connectivity index (χ1n) is 7.90. The van der Waals surface area contributed by atoms with Gasteiger partial charge in [-0.1, -0.05) is 35.0 Å². The zero-order valence-electron chi connectivity index (χ0n) is 13.1. The summed E-state index contributed by atoms with van der Waals surface area (Å²) in [6.45, 7) is 4.78. The molecule has 1 saturated carbocycles. The highest BCUT2D eigenvalue weighted by Gasteiger charge is 2.24. The van der Waals surface area contributed by atoms with E-state index in [4.69, 9.17) is 10.5 Å². The first-order chi connectivity index (χ1) is 10.1. The van der Waals surface area contributed by atoms with E-state index in [-0.39, 0.29) is 12.1 Å². The molecule has 0 spiro atoms. The molecule has 1 aliphatic rings. The highest BCUT2D eigenvalue weighted by atomic mass is 79.9. The van der Waals surface area contributed by atoms with Crippen LogP contribution in [0.5, 0.6) is 0 Å². The SMILES string of the molecule is CCC(N)C(c1ccc(Br)cc1)N(C)CCOCC1CC1. The summed E-state index contributed by atoms with van der Waals surface area (Å²) in [6, 6.07) is 8.87. The molecule has 1 fully saturated rings. The molecule has 2 unspecified atom stereocenters. The van der Waals surface area contributed by atoms with Gasteiger partial charge in [0.2, 0.25) is 0 Å². The van der Waals surface area contributed by atoms with E-state index < -0.39 is 0 Å². The standard InChI is InChI=1S/C17H27BrN2O/c1-3-16(19)17(14-6-8-15(18)9-7-14)20(2)10-11-21-12-13-4-5-13/h6-9,13,16-17H,3-5,10-12,19H2,1-2H3. The van der Waals surface area contributed by atoms with E-state index in [1.165, 1.54) is 18.4 Å². The number of nitrogens with zero attached hydrogens (tertiary/aromatic N) is 1. The smallest absolute Gasteiger partial charge is 0.0593 e. The summed E-state index contributed by atoms with van der Waals surface area (Å²) in [5.41, 5.74) is 7.63. The highest BCUT2D eigenvalue weighted by molar-refractivity contribution is 9.10. The second-order valence-electron chi connectivity index (χ2n) is 6.07. The quantitative estimate of drug-likeness (QED) is 0.688. The van der Waals surface area contributed by atoms with E-state index in [0.717, 1.165) is 36.6 Å². The minimum Gasteiger partial charge on any atom is -0.380 e. The van der Waals surface area contributed by atoms with Crippen molar-refractivity contribution in [3.63, 3.8) is 0 Å². The summed E-state index contributed by atoms with van der Waals surface area (Å²) in [4.78, 5) is 2.32. The van der Waals surface area contributed by atoms with Crippen LogP contribution in [0.4, 0.5) is 0 Å². The molecule has 0 bridgehead atoms. The second kappa shape index (κ2) is 8.28. The van der Waals surface area contributed by atoms with E-state index >= 15 is 0 Å². The van der Waals surface area contributed by atoms with Crippen LogP contribution < -0.4 is 5.73 Å². The normalized spacial score (nSPS) is 18.0. The van der Waals surface area contributed by atoms with Crippen LogP contribution in [0.2, 0.25) is 0 Å². The number of likely N-dealkylation sites (N-methyl/N-ethyl adjacent to an activating group) is 1. The lowest BCUT2D eigenvalue weighted by Gasteiger charge is -2.32. The van der Waals surface area contributed by atoms with Crippen molar-refractivity contribution in [2.45, 2.75) is 38.3 Å². The fraction of sp³-hybridized carbons (Fsp3) is 0.647. The van der Waals surface area contributed by atoms with Gasteiger partial charge < -0.3 is 10.5 Å². The molecule has 2 N–H and O–H groups in total. The molecule has 1 aliphatic carbocycles. The van der Waals surface area contributed by atoms with Gasteiger partial charge in [0.05, 0.1) is 6.61 Å². The maximum Gasteiger partial charge on any atom is 0.0593 e. The fourth-order valence-electron chi connectivity index (χ4n) is 2.59. The summed E-state index contributed by atoms with van der Waals surface area (Å²) in [5.74, 6) is 0.829. The summed E-state index contributed by atoms with van der Waals surface area (Å²) in [7, 11) is 2.14. The third kappa shape index (κ3) is 5.37. The monoisotopic (exact) mass is 354 g/mol. The van der Waals surface area contributed by atoms with Crippen molar-refractivity contribution in [3.8, 4) is 0 Å². The van der Waals surface area contributed by atoms with Gasteiger partial charge in [0.15, 0.2) is 0 Å². The van der Waals surface area contributed by atoms with Gasteiger partial charge in [-0.05, 0) is 49.9 Å². The van der Waals surface area contributed by atoms with Crippen molar-refractivity contribution in [1.82, 2.24) is 4.90 Å². The lowest BCUT2D eigenvalue weighted by atomic mass is 9.97. The predicted molar refractivity (Wildman–Crippen MR) is 91.3 cm³/mol. The Morgan fingerprint density at radius 2 is 2.00 bits per heavy atom. The van der Waals surface area contributed by atoms with Crippen molar-refractivity contribution < 1.29 is 4.74 Å². The Morgan fingerprint density at radius 1 is 1.33 bits per heavy atom. The van der Waals surface area contributed by atoms with Gasteiger partial charge >= 0.3 is 0 Å². The molecule has 118 valence electrons. The molecule has 0 heterocycles. The van der Waals surface area contributed by atoms with Crippen LogP contribution in [-0.4, -0.2) is 37.7 Å². The van der Waals surface area contributed by atoms with Crippen LogP contribution >= 0.6 is 15.9 Å². The van der Waals surface area contributed by atoms with Gasteiger partial charge in [-0.2, -0.15) is 0 Å². The van der Waals surface area contributed by atoms with E-state index in [1.807, 2.05) is 0 Å². The highest BCUT2D eigenvalue weighted by Crippen LogP contribution is 2.29. The number of ether oxygens (including phenoxy) is 1. The molecule has 4 heteroatoms. The number of benzene rings is 1. The second-order valence-corrected chi connectivity index (χ2v) is 6.98. The maximum absolute atomic E-state index is 6.36. The summed E-state index contributed by atoms with van der Waals surface area (Å²) < 4.78 is 6.86. The number of rotatable bonds is 9. The van der Waals surface area contributed by atoms with Gasteiger partial charge in [0.1, 0.15) is 0 Å². The molecular weight excluding hydrogens is 328 g/mol. The molecule has 1 aromatic rings. The third-order valence-electron chi connectivity index (χ3n) is 4.20. The van der Waals surface area contributed by atoms with Crippen LogP contribution in [0.25, 0.3) is 0 Å². The first kappa shape index (κ1) is 16.9. The number of hydrogen-bond acceptors (Lipinski definition) is 3. The van der Waals surface area contributed by atoms with E-state index in [2.05, 4.69) is 59.1 Å². The largest absolute Gasteiger partial charge is 0.380 e. The number of hydrogen-bond donors (Lipinski definition) is 1. The molecule has 0 aliphatic heterocycles. The maximum atomic E-state index is 6.36. The third-order valence-corrected chi connectivity index (χ3v) is 4.73. The van der Waals surface area contributed by atoms with Crippen molar-refractivity contribution in [3.05, 3.63) is 34.3 Å². The van der Waals surface area contributed by atoms with Crippen molar-refractivity contribution >= 4 is 15.9 Å². The molecule has 0 aromatic heterocycles. The van der Waals surface area contributed by atoms with Gasteiger partial charge in [0, 0.05) is 29.7 Å². The van der Waals surface area contributed by atoms with Gasteiger partial charge in [0.25, 0.3) is 0 Å². The average Bonchev–Trinajstić information content (AvgIpc) is 3.30. The minimum atomic E-state index is 0.139. The molecule has 0 radical (unpaired) electrons. The fourth-order valence-corrected chi connectivity index (χ4v) is 2.86. The Bertz CT molecular complexity index is 419. The van der Waals surface area contributed by atoms with E-state index in [1.54, 1.807) is 0 Å². The zero-order chi connectivity index (χ0) is 15.2. The average molecular weight is 355 g/mol. The van der Waals surface area contributed by atoms with E-state index in [0.29, 0.717) is 0 Å². The molecule has 2 rings (SSSR count). The zero-order valence-corrected chi connectivity index (χ0v) is 14.7. The summed E-state index contributed by atoms with van der Waals surface area (Å²) in [5, 5.41) is 0. The molecule has 3 nitrogen and oxygen atoms in total. The molecule has 1 aromatic carbocycles. The van der Waals surface area contributed by atoms with Crippen LogP contribution in [0.3, 0.4) is 0 Å². The summed E-state index contributed by atoms with van der Waals surface area (Å²) >= 11 is 3.49. The Morgan fingerprint density at radius 3 is 2.57 bits per heavy atom. The lowest BCUT2D eigenvalue weighted by Crippen LogP contribution is -2.40. The predicted octanol–water partition coefficient (Wildman–Crippen LogP) is 3.59. The number of nitrogens with two attached hydrogens (primary N) is 1. The van der Waals surface area contributed by atoms with Crippen LogP contribution in [0.15, 0.2) is 28.7 Å². The molecule has 0 amide bonds. The lowest BCUT2D eigenvalue weighted by molar-refractivity contribution is 0.0861.